The normalized spacial score (nSPS) is 11.1. The zero-order valence-electron chi connectivity index (χ0n) is 16.5. The Morgan fingerprint density at radius 2 is 1.82 bits per heavy atom. The fraction of sp³-hybridized carbons (Fsp3) is 0.429. The fourth-order valence-electron chi connectivity index (χ4n) is 2.69. The molecule has 7 heteroatoms. The van der Waals surface area contributed by atoms with Crippen LogP contribution in [0, 0.1) is 0 Å². The Morgan fingerprint density at radius 1 is 1.11 bits per heavy atom. The number of rotatable bonds is 11. The van der Waals surface area contributed by atoms with Crippen molar-refractivity contribution in [3.63, 3.8) is 0 Å². The Kier molecular flexibility index (Phi) is 9.89. The number of nitrogens with zero attached hydrogens (tertiary/aromatic N) is 1. The Balaban J connectivity index is 2.07. The van der Waals surface area contributed by atoms with Gasteiger partial charge in [0, 0.05) is 22.2 Å². The van der Waals surface area contributed by atoms with Crippen LogP contribution < -0.4 is 14.8 Å². The van der Waals surface area contributed by atoms with Crippen molar-refractivity contribution in [2.45, 2.75) is 26.5 Å². The molecule has 0 bridgehead atoms. The summed E-state index contributed by atoms with van der Waals surface area (Å²) in [5, 5.41) is 4.63. The van der Waals surface area contributed by atoms with Crippen molar-refractivity contribution in [1.82, 2.24) is 10.2 Å². The van der Waals surface area contributed by atoms with Gasteiger partial charge in [0.05, 0.1) is 11.1 Å². The molecule has 1 N–H and O–H groups in total. The lowest BCUT2D eigenvalue weighted by molar-refractivity contribution is 0.267. The molecule has 0 radical (unpaired) electrons. The Bertz CT molecular complexity index is 752. The molecule has 28 heavy (non-hydrogen) atoms. The summed E-state index contributed by atoms with van der Waals surface area (Å²) in [6.07, 6.45) is 1.10. The lowest BCUT2D eigenvalue weighted by Crippen LogP contribution is -2.21. The van der Waals surface area contributed by atoms with E-state index in [1.165, 1.54) is 0 Å². The molecule has 0 aliphatic carbocycles. The van der Waals surface area contributed by atoms with E-state index in [0.29, 0.717) is 28.2 Å². The molecule has 2 aromatic carbocycles. The molecule has 0 saturated heterocycles. The first-order valence-corrected chi connectivity index (χ1v) is 10.8. The van der Waals surface area contributed by atoms with Crippen LogP contribution in [0.4, 0.5) is 0 Å². The highest BCUT2D eigenvalue weighted by molar-refractivity contribution is 9.10. The van der Waals surface area contributed by atoms with Crippen molar-refractivity contribution in [3.05, 3.63) is 56.0 Å². The molecule has 2 rings (SSSR count). The van der Waals surface area contributed by atoms with Crippen LogP contribution in [0.2, 0.25) is 10.0 Å². The zero-order valence-corrected chi connectivity index (χ0v) is 19.6. The predicted molar refractivity (Wildman–Crippen MR) is 121 cm³/mol. The summed E-state index contributed by atoms with van der Waals surface area (Å²) >= 11 is 16.1. The van der Waals surface area contributed by atoms with Crippen molar-refractivity contribution >= 4 is 39.1 Å². The SMILES string of the molecule is CCOc1cc(CNCCCN(C)C)cc(Br)c1OCc1c(Cl)cccc1Cl. The van der Waals surface area contributed by atoms with Crippen LogP contribution in [0.1, 0.15) is 24.5 Å². The molecule has 0 atom stereocenters. The lowest BCUT2D eigenvalue weighted by Gasteiger charge is -2.17. The smallest absolute Gasteiger partial charge is 0.175 e. The van der Waals surface area contributed by atoms with Gasteiger partial charge >= 0.3 is 0 Å². The molecular formula is C21H27BrCl2N2O2. The molecule has 4 nitrogen and oxygen atoms in total. The molecule has 0 unspecified atom stereocenters. The Labute approximate surface area is 186 Å². The third-order valence-electron chi connectivity index (χ3n) is 4.08. The summed E-state index contributed by atoms with van der Waals surface area (Å²) in [7, 11) is 4.17. The van der Waals surface area contributed by atoms with E-state index < -0.39 is 0 Å². The third-order valence-corrected chi connectivity index (χ3v) is 5.38. The van der Waals surface area contributed by atoms with Crippen molar-refractivity contribution in [2.75, 3.05) is 33.8 Å². The van der Waals surface area contributed by atoms with Crippen LogP contribution in [0.25, 0.3) is 0 Å². The molecule has 0 aliphatic rings. The maximum Gasteiger partial charge on any atom is 0.175 e. The van der Waals surface area contributed by atoms with E-state index in [9.17, 15) is 0 Å². The Morgan fingerprint density at radius 3 is 2.46 bits per heavy atom. The second-order valence-electron chi connectivity index (χ2n) is 6.66. The van der Waals surface area contributed by atoms with E-state index in [1.807, 2.05) is 25.1 Å². The number of ether oxygens (including phenoxy) is 2. The van der Waals surface area contributed by atoms with Gasteiger partial charge in [0.25, 0.3) is 0 Å². The van der Waals surface area contributed by atoms with Crippen molar-refractivity contribution < 1.29 is 9.47 Å². The molecule has 0 amide bonds. The molecular weight excluding hydrogens is 463 g/mol. The zero-order chi connectivity index (χ0) is 20.5. The molecule has 0 spiro atoms. The summed E-state index contributed by atoms with van der Waals surface area (Å²) in [6, 6.07) is 9.48. The maximum absolute atomic E-state index is 6.25. The lowest BCUT2D eigenvalue weighted by atomic mass is 10.2. The third kappa shape index (κ3) is 7.12. The maximum atomic E-state index is 6.25. The van der Waals surface area contributed by atoms with Crippen molar-refractivity contribution in [3.8, 4) is 11.5 Å². The minimum atomic E-state index is 0.263. The predicted octanol–water partition coefficient (Wildman–Crippen LogP) is 5.77. The van der Waals surface area contributed by atoms with Gasteiger partial charge in [-0.25, -0.2) is 0 Å². The number of benzene rings is 2. The summed E-state index contributed by atoms with van der Waals surface area (Å²) in [4.78, 5) is 2.18. The highest BCUT2D eigenvalue weighted by Gasteiger charge is 2.14. The molecule has 0 aromatic heterocycles. The van der Waals surface area contributed by atoms with E-state index in [1.54, 1.807) is 12.1 Å². The van der Waals surface area contributed by atoms with Crippen LogP contribution in [0.5, 0.6) is 11.5 Å². The van der Waals surface area contributed by atoms with E-state index in [-0.39, 0.29) is 6.61 Å². The van der Waals surface area contributed by atoms with E-state index in [4.69, 9.17) is 32.7 Å². The monoisotopic (exact) mass is 488 g/mol. The fourth-order valence-corrected chi connectivity index (χ4v) is 3.80. The molecule has 0 heterocycles. The van der Waals surface area contributed by atoms with Gasteiger partial charge in [-0.3, -0.25) is 0 Å². The summed E-state index contributed by atoms with van der Waals surface area (Å²) in [6.45, 7) is 5.56. The molecule has 0 fully saturated rings. The minimum absolute atomic E-state index is 0.263. The largest absolute Gasteiger partial charge is 0.490 e. The summed E-state index contributed by atoms with van der Waals surface area (Å²) < 4.78 is 12.7. The van der Waals surface area contributed by atoms with E-state index in [2.05, 4.69) is 40.2 Å². The van der Waals surface area contributed by atoms with Gasteiger partial charge in [-0.15, -0.1) is 0 Å². The molecule has 0 aliphatic heterocycles. The van der Waals surface area contributed by atoms with Gasteiger partial charge in [-0.1, -0.05) is 29.3 Å². The summed E-state index contributed by atoms with van der Waals surface area (Å²) in [5.74, 6) is 1.35. The number of halogens is 3. The van der Waals surface area contributed by atoms with Gasteiger partial charge in [0.2, 0.25) is 0 Å². The van der Waals surface area contributed by atoms with Gasteiger partial charge in [0.1, 0.15) is 6.61 Å². The van der Waals surface area contributed by atoms with E-state index in [0.717, 1.165) is 41.7 Å². The standard InChI is InChI=1S/C21H27BrCl2N2O2/c1-4-27-20-12-15(13-25-9-6-10-26(2)3)11-17(22)21(20)28-14-16-18(23)7-5-8-19(16)24/h5,7-8,11-12,25H,4,6,9-10,13-14H2,1-3H3. The second-order valence-corrected chi connectivity index (χ2v) is 8.33. The van der Waals surface area contributed by atoms with Crippen LogP contribution in [-0.2, 0) is 13.2 Å². The van der Waals surface area contributed by atoms with Crippen molar-refractivity contribution in [1.29, 1.82) is 0 Å². The van der Waals surface area contributed by atoms with Gasteiger partial charge < -0.3 is 19.7 Å². The summed E-state index contributed by atoms with van der Waals surface area (Å²) in [5.41, 5.74) is 1.88. The minimum Gasteiger partial charge on any atom is -0.490 e. The van der Waals surface area contributed by atoms with Crippen LogP contribution in [0.3, 0.4) is 0 Å². The molecule has 2 aromatic rings. The number of nitrogens with one attached hydrogen (secondary N) is 1. The quantitative estimate of drug-likeness (QED) is 0.406. The highest BCUT2D eigenvalue weighted by Crippen LogP contribution is 2.38. The highest BCUT2D eigenvalue weighted by atomic mass is 79.9. The van der Waals surface area contributed by atoms with Crippen LogP contribution >= 0.6 is 39.1 Å². The van der Waals surface area contributed by atoms with Gasteiger partial charge in [0.15, 0.2) is 11.5 Å². The number of hydrogen-bond acceptors (Lipinski definition) is 4. The molecule has 154 valence electrons. The topological polar surface area (TPSA) is 33.7 Å². The molecule has 0 saturated carbocycles. The van der Waals surface area contributed by atoms with Crippen LogP contribution in [0.15, 0.2) is 34.8 Å². The van der Waals surface area contributed by atoms with Crippen LogP contribution in [-0.4, -0.2) is 38.7 Å². The first-order chi connectivity index (χ1) is 13.4. The van der Waals surface area contributed by atoms with Crippen molar-refractivity contribution in [2.24, 2.45) is 0 Å². The van der Waals surface area contributed by atoms with E-state index >= 15 is 0 Å². The first kappa shape index (κ1) is 23.3. The average molecular weight is 490 g/mol. The van der Waals surface area contributed by atoms with Gasteiger partial charge in [-0.05, 0) is 86.3 Å². The Hall–Kier alpha value is -0.980. The average Bonchev–Trinajstić information content (AvgIpc) is 2.62. The van der Waals surface area contributed by atoms with Gasteiger partial charge in [-0.2, -0.15) is 0 Å². The second kappa shape index (κ2) is 11.9. The number of hydrogen-bond donors (Lipinski definition) is 1. The first-order valence-electron chi connectivity index (χ1n) is 9.28.